The number of carbonyl (C=O) groups excluding carboxylic acids is 2. The Morgan fingerprint density at radius 3 is 2.11 bits per heavy atom. The number of rotatable bonds is 5. The molecule has 1 N–H and O–H groups in total. The van der Waals surface area contributed by atoms with Crippen LogP contribution in [0.3, 0.4) is 0 Å². The summed E-state index contributed by atoms with van der Waals surface area (Å²) in [5.41, 5.74) is 6.06. The van der Waals surface area contributed by atoms with Gasteiger partial charge in [0, 0.05) is 24.5 Å². The first-order chi connectivity index (χ1) is 16.9. The second kappa shape index (κ2) is 9.41. The Bertz CT molecular complexity index is 1280. The molecule has 0 aliphatic carbocycles. The molecule has 0 bridgehead atoms. The van der Waals surface area contributed by atoms with Crippen molar-refractivity contribution < 1.29 is 9.59 Å². The van der Waals surface area contributed by atoms with Crippen LogP contribution in [-0.4, -0.2) is 24.9 Å². The van der Waals surface area contributed by atoms with Gasteiger partial charge < -0.3 is 10.2 Å². The lowest BCUT2D eigenvalue weighted by Crippen LogP contribution is -2.32. The number of nitrogens with one attached hydrogen (secondary N) is 1. The van der Waals surface area contributed by atoms with Crippen LogP contribution in [0.15, 0.2) is 78.5 Å². The Balaban J connectivity index is 1.48. The van der Waals surface area contributed by atoms with Crippen molar-refractivity contribution in [3.63, 3.8) is 0 Å². The molecule has 5 rings (SSSR count). The zero-order valence-electron chi connectivity index (χ0n) is 20.5. The van der Waals surface area contributed by atoms with Crippen LogP contribution in [0.25, 0.3) is 5.57 Å². The van der Waals surface area contributed by atoms with E-state index in [0.29, 0.717) is 17.0 Å². The van der Waals surface area contributed by atoms with E-state index in [1.54, 1.807) is 6.07 Å². The zero-order valence-corrected chi connectivity index (χ0v) is 20.5. The smallest absolute Gasteiger partial charge is 0.282 e. The van der Waals surface area contributed by atoms with Crippen LogP contribution in [0.1, 0.15) is 36.5 Å². The average molecular weight is 466 g/mol. The van der Waals surface area contributed by atoms with Gasteiger partial charge in [0.15, 0.2) is 0 Å². The molecule has 2 aliphatic heterocycles. The van der Waals surface area contributed by atoms with E-state index in [4.69, 9.17) is 0 Å². The van der Waals surface area contributed by atoms with Crippen LogP contribution >= 0.6 is 0 Å². The fraction of sp³-hybridized carbons (Fsp3) is 0.267. The highest BCUT2D eigenvalue weighted by atomic mass is 16.2. The van der Waals surface area contributed by atoms with Gasteiger partial charge in [0.05, 0.1) is 11.3 Å². The van der Waals surface area contributed by atoms with Crippen LogP contribution in [0.2, 0.25) is 0 Å². The lowest BCUT2D eigenvalue weighted by atomic mass is 9.99. The van der Waals surface area contributed by atoms with Crippen LogP contribution < -0.4 is 15.1 Å². The number of aryl methyl sites for hydroxylation is 2. The van der Waals surface area contributed by atoms with Gasteiger partial charge in [0.2, 0.25) is 0 Å². The van der Waals surface area contributed by atoms with Crippen LogP contribution in [0, 0.1) is 19.8 Å². The Morgan fingerprint density at radius 2 is 1.46 bits per heavy atom. The SMILES string of the molecule is Cc1ccc(C2=C(Nc3ccc(N4CCC(C)CC4)cc3)C(=O)N(c3cccc(C)c3)C2=O)cc1. The van der Waals surface area contributed by atoms with Gasteiger partial charge in [-0.05, 0) is 80.1 Å². The molecule has 0 saturated carbocycles. The summed E-state index contributed by atoms with van der Waals surface area (Å²) in [6.07, 6.45) is 2.41. The first-order valence-corrected chi connectivity index (χ1v) is 12.3. The van der Waals surface area contributed by atoms with Crippen molar-refractivity contribution in [1.29, 1.82) is 0 Å². The molecule has 0 spiro atoms. The van der Waals surface area contributed by atoms with Crippen molar-refractivity contribution in [2.24, 2.45) is 5.92 Å². The molecule has 2 heterocycles. The number of carbonyl (C=O) groups is 2. The number of benzene rings is 3. The maximum absolute atomic E-state index is 13.6. The summed E-state index contributed by atoms with van der Waals surface area (Å²) in [5, 5.41) is 3.28. The van der Waals surface area contributed by atoms with Gasteiger partial charge in [-0.3, -0.25) is 9.59 Å². The third-order valence-electron chi connectivity index (χ3n) is 6.97. The van der Waals surface area contributed by atoms with E-state index in [9.17, 15) is 9.59 Å². The van der Waals surface area contributed by atoms with Crippen LogP contribution in [0.5, 0.6) is 0 Å². The second-order valence-electron chi connectivity index (χ2n) is 9.74. The molecule has 3 aromatic carbocycles. The number of hydrogen-bond donors (Lipinski definition) is 1. The van der Waals surface area contributed by atoms with Crippen molar-refractivity contribution in [2.45, 2.75) is 33.6 Å². The molecule has 5 heteroatoms. The quantitative estimate of drug-likeness (QED) is 0.474. The van der Waals surface area contributed by atoms with E-state index >= 15 is 0 Å². The first-order valence-electron chi connectivity index (χ1n) is 12.3. The van der Waals surface area contributed by atoms with Crippen molar-refractivity contribution in [2.75, 3.05) is 28.2 Å². The molecule has 1 fully saturated rings. The Labute approximate surface area is 207 Å². The summed E-state index contributed by atoms with van der Waals surface area (Å²) in [6, 6.07) is 23.3. The monoisotopic (exact) mass is 465 g/mol. The minimum Gasteiger partial charge on any atom is -0.372 e. The van der Waals surface area contributed by atoms with Gasteiger partial charge in [-0.15, -0.1) is 0 Å². The van der Waals surface area contributed by atoms with E-state index in [1.807, 2.05) is 68.4 Å². The largest absolute Gasteiger partial charge is 0.372 e. The standard InChI is InChI=1S/C30H31N3O2/c1-20-7-9-23(10-8-20)27-28(30(35)33(29(27)34)26-6-4-5-22(3)19-26)31-24-11-13-25(14-12-24)32-17-15-21(2)16-18-32/h4-14,19,21,31H,15-18H2,1-3H3. The molecule has 2 amide bonds. The molecule has 3 aromatic rings. The fourth-order valence-corrected chi connectivity index (χ4v) is 4.80. The lowest BCUT2D eigenvalue weighted by molar-refractivity contribution is -0.120. The van der Waals surface area contributed by atoms with Gasteiger partial charge in [0.25, 0.3) is 11.8 Å². The van der Waals surface area contributed by atoms with Gasteiger partial charge in [-0.25, -0.2) is 4.90 Å². The molecule has 0 atom stereocenters. The summed E-state index contributed by atoms with van der Waals surface area (Å²) >= 11 is 0. The summed E-state index contributed by atoms with van der Waals surface area (Å²) in [5.74, 6) is 0.123. The molecule has 178 valence electrons. The maximum Gasteiger partial charge on any atom is 0.282 e. The Morgan fingerprint density at radius 1 is 0.771 bits per heavy atom. The highest BCUT2D eigenvalue weighted by Crippen LogP contribution is 2.34. The number of imide groups is 1. The number of piperidine rings is 1. The van der Waals surface area contributed by atoms with Crippen molar-refractivity contribution >= 4 is 34.4 Å². The van der Waals surface area contributed by atoms with E-state index < -0.39 is 0 Å². The Hall–Kier alpha value is -3.86. The summed E-state index contributed by atoms with van der Waals surface area (Å²) in [4.78, 5) is 30.9. The third kappa shape index (κ3) is 4.59. The van der Waals surface area contributed by atoms with Gasteiger partial charge in [-0.1, -0.05) is 48.9 Å². The van der Waals surface area contributed by atoms with Gasteiger partial charge in [0.1, 0.15) is 5.70 Å². The minimum atomic E-state index is -0.342. The van der Waals surface area contributed by atoms with Gasteiger partial charge in [-0.2, -0.15) is 0 Å². The minimum absolute atomic E-state index is 0.305. The van der Waals surface area contributed by atoms with Crippen molar-refractivity contribution in [1.82, 2.24) is 0 Å². The number of anilines is 3. The molecule has 0 aromatic heterocycles. The number of nitrogens with zero attached hydrogens (tertiary/aromatic N) is 2. The van der Waals surface area contributed by atoms with E-state index in [-0.39, 0.29) is 11.8 Å². The molecule has 0 unspecified atom stereocenters. The number of hydrogen-bond acceptors (Lipinski definition) is 4. The highest BCUT2D eigenvalue weighted by Gasteiger charge is 2.40. The molecule has 5 nitrogen and oxygen atoms in total. The van der Waals surface area contributed by atoms with Crippen LogP contribution in [-0.2, 0) is 9.59 Å². The maximum atomic E-state index is 13.6. The molecule has 1 saturated heterocycles. The predicted octanol–water partition coefficient (Wildman–Crippen LogP) is 5.94. The zero-order chi connectivity index (χ0) is 24.5. The average Bonchev–Trinajstić information content (AvgIpc) is 3.10. The summed E-state index contributed by atoms with van der Waals surface area (Å²) < 4.78 is 0. The van der Waals surface area contributed by atoms with Crippen LogP contribution in [0.4, 0.5) is 17.1 Å². The molecule has 2 aliphatic rings. The first kappa shape index (κ1) is 22.9. The van der Waals surface area contributed by atoms with E-state index in [0.717, 1.165) is 41.4 Å². The van der Waals surface area contributed by atoms with E-state index in [2.05, 4.69) is 29.3 Å². The van der Waals surface area contributed by atoms with Gasteiger partial charge >= 0.3 is 0 Å². The number of amides is 2. The predicted molar refractivity (Wildman–Crippen MR) is 142 cm³/mol. The van der Waals surface area contributed by atoms with E-state index in [1.165, 1.54) is 23.4 Å². The van der Waals surface area contributed by atoms with Crippen molar-refractivity contribution in [3.05, 3.63) is 95.2 Å². The lowest BCUT2D eigenvalue weighted by Gasteiger charge is -2.32. The molecular formula is C30H31N3O2. The fourth-order valence-electron chi connectivity index (χ4n) is 4.80. The summed E-state index contributed by atoms with van der Waals surface area (Å²) in [6.45, 7) is 8.39. The van der Waals surface area contributed by atoms with Crippen molar-refractivity contribution in [3.8, 4) is 0 Å². The third-order valence-corrected chi connectivity index (χ3v) is 6.97. The topological polar surface area (TPSA) is 52.7 Å². The highest BCUT2D eigenvalue weighted by molar-refractivity contribution is 6.46. The molecule has 0 radical (unpaired) electrons. The normalized spacial score (nSPS) is 16.9. The second-order valence-corrected chi connectivity index (χ2v) is 9.74. The molecule has 35 heavy (non-hydrogen) atoms. The Kier molecular flexibility index (Phi) is 6.16. The summed E-state index contributed by atoms with van der Waals surface area (Å²) in [7, 11) is 0. The molecular weight excluding hydrogens is 434 g/mol.